The predicted octanol–water partition coefficient (Wildman–Crippen LogP) is 3.63. The second kappa shape index (κ2) is 7.18. The summed E-state index contributed by atoms with van der Waals surface area (Å²) in [5, 5.41) is 3.36. The maximum atomic E-state index is 5.67. The second-order valence-corrected chi connectivity index (χ2v) is 5.75. The molecule has 0 spiro atoms. The Bertz CT molecular complexity index is 579. The molecule has 0 aliphatic heterocycles. The highest BCUT2D eigenvalue weighted by molar-refractivity contribution is 5.35. The number of nitrogens with zero attached hydrogens (tertiary/aromatic N) is 2. The largest absolute Gasteiger partial charge is 0.424 e. The average Bonchev–Trinajstić information content (AvgIpc) is 2.44. The first-order valence-corrected chi connectivity index (χ1v) is 7.31. The van der Waals surface area contributed by atoms with Crippen LogP contribution < -0.4 is 10.1 Å². The minimum atomic E-state index is 0.380. The zero-order chi connectivity index (χ0) is 15.2. The molecule has 112 valence electrons. The van der Waals surface area contributed by atoms with Crippen LogP contribution in [0.25, 0.3) is 0 Å². The number of hydrogen-bond acceptors (Lipinski definition) is 4. The van der Waals surface area contributed by atoms with Gasteiger partial charge in [-0.3, -0.25) is 0 Å². The van der Waals surface area contributed by atoms with Gasteiger partial charge in [0.15, 0.2) is 0 Å². The average molecular weight is 285 g/mol. The van der Waals surface area contributed by atoms with Crippen molar-refractivity contribution in [2.24, 2.45) is 5.92 Å². The van der Waals surface area contributed by atoms with Crippen LogP contribution in [0.1, 0.15) is 30.5 Å². The summed E-state index contributed by atoms with van der Waals surface area (Å²) in [7, 11) is 0. The Kier molecular flexibility index (Phi) is 5.28. The molecule has 0 aliphatic carbocycles. The maximum absolute atomic E-state index is 5.67. The molecule has 0 radical (unpaired) electrons. The zero-order valence-electron chi connectivity index (χ0n) is 13.2. The van der Waals surface area contributed by atoms with Gasteiger partial charge in [0.1, 0.15) is 5.75 Å². The summed E-state index contributed by atoms with van der Waals surface area (Å²) in [5.74, 6) is 1.40. The van der Waals surface area contributed by atoms with E-state index in [1.807, 2.05) is 18.2 Å². The Morgan fingerprint density at radius 1 is 1.10 bits per heavy atom. The highest BCUT2D eigenvalue weighted by Crippen LogP contribution is 2.20. The highest BCUT2D eigenvalue weighted by atomic mass is 16.5. The molecule has 1 aromatic carbocycles. The Balaban J connectivity index is 1.94. The van der Waals surface area contributed by atoms with Gasteiger partial charge in [-0.25, -0.2) is 9.97 Å². The quantitative estimate of drug-likeness (QED) is 0.880. The molecule has 0 amide bonds. The van der Waals surface area contributed by atoms with E-state index >= 15 is 0 Å². The number of rotatable bonds is 6. The predicted molar refractivity (Wildman–Crippen MR) is 84.6 cm³/mol. The normalized spacial score (nSPS) is 10.9. The van der Waals surface area contributed by atoms with E-state index in [2.05, 4.69) is 43.0 Å². The minimum absolute atomic E-state index is 0.380. The maximum Gasteiger partial charge on any atom is 0.321 e. The number of aromatic nitrogens is 2. The Morgan fingerprint density at radius 2 is 1.81 bits per heavy atom. The third kappa shape index (κ3) is 4.83. The van der Waals surface area contributed by atoms with Crippen molar-refractivity contribution in [1.82, 2.24) is 15.3 Å². The van der Waals surface area contributed by atoms with Crippen molar-refractivity contribution in [3.05, 3.63) is 47.3 Å². The molecule has 4 nitrogen and oxygen atoms in total. The molecule has 4 heteroatoms. The van der Waals surface area contributed by atoms with Crippen LogP contribution >= 0.6 is 0 Å². The summed E-state index contributed by atoms with van der Waals surface area (Å²) >= 11 is 0. The van der Waals surface area contributed by atoms with E-state index in [0.717, 1.165) is 24.4 Å². The number of hydrogen-bond donors (Lipinski definition) is 1. The fourth-order valence-electron chi connectivity index (χ4n) is 1.87. The van der Waals surface area contributed by atoms with Gasteiger partial charge in [-0.2, -0.15) is 0 Å². The lowest BCUT2D eigenvalue weighted by atomic mass is 10.1. The van der Waals surface area contributed by atoms with Gasteiger partial charge in [0.25, 0.3) is 0 Å². The van der Waals surface area contributed by atoms with Gasteiger partial charge in [0.2, 0.25) is 0 Å². The van der Waals surface area contributed by atoms with Gasteiger partial charge >= 0.3 is 6.01 Å². The van der Waals surface area contributed by atoms with Gasteiger partial charge in [-0.1, -0.05) is 19.9 Å². The molecule has 1 heterocycles. The van der Waals surface area contributed by atoms with E-state index in [1.165, 1.54) is 11.1 Å². The highest BCUT2D eigenvalue weighted by Gasteiger charge is 2.03. The second-order valence-electron chi connectivity index (χ2n) is 5.75. The summed E-state index contributed by atoms with van der Waals surface area (Å²) in [4.78, 5) is 8.50. The SMILES string of the molecule is Cc1ccc(Oc2ncc(CNCC(C)C)cn2)cc1C. The topological polar surface area (TPSA) is 47.0 Å². The van der Waals surface area contributed by atoms with Gasteiger partial charge in [-0.15, -0.1) is 0 Å². The van der Waals surface area contributed by atoms with Crippen LogP contribution in [0, 0.1) is 19.8 Å². The molecular weight excluding hydrogens is 262 g/mol. The number of benzene rings is 1. The smallest absolute Gasteiger partial charge is 0.321 e. The molecule has 0 bridgehead atoms. The van der Waals surface area contributed by atoms with E-state index in [4.69, 9.17) is 4.74 Å². The third-order valence-corrected chi connectivity index (χ3v) is 3.25. The lowest BCUT2D eigenvalue weighted by molar-refractivity contribution is 0.440. The van der Waals surface area contributed by atoms with Crippen LogP contribution in [-0.4, -0.2) is 16.5 Å². The van der Waals surface area contributed by atoms with E-state index in [-0.39, 0.29) is 0 Å². The van der Waals surface area contributed by atoms with Crippen molar-refractivity contribution in [3.8, 4) is 11.8 Å². The Hall–Kier alpha value is -1.94. The standard InChI is InChI=1S/C17H23N3O/c1-12(2)8-18-9-15-10-19-17(20-11-15)21-16-6-5-13(3)14(4)7-16/h5-7,10-12,18H,8-9H2,1-4H3. The first-order chi connectivity index (χ1) is 10.0. The monoisotopic (exact) mass is 285 g/mol. The molecule has 2 rings (SSSR count). The summed E-state index contributed by atoms with van der Waals surface area (Å²) in [6.45, 7) is 10.3. The molecule has 2 aromatic rings. The van der Waals surface area contributed by atoms with Gasteiger partial charge in [0, 0.05) is 24.5 Å². The molecule has 0 aliphatic rings. The molecule has 0 fully saturated rings. The first kappa shape index (κ1) is 15.4. The van der Waals surface area contributed by atoms with E-state index < -0.39 is 0 Å². The van der Waals surface area contributed by atoms with Crippen molar-refractivity contribution in [1.29, 1.82) is 0 Å². The van der Waals surface area contributed by atoms with Crippen LogP contribution in [-0.2, 0) is 6.54 Å². The molecule has 0 saturated carbocycles. The van der Waals surface area contributed by atoms with Gasteiger partial charge in [-0.05, 0) is 49.6 Å². The minimum Gasteiger partial charge on any atom is -0.424 e. The molecule has 0 atom stereocenters. The number of aryl methyl sites for hydroxylation is 2. The lowest BCUT2D eigenvalue weighted by Crippen LogP contribution is -2.19. The number of nitrogens with one attached hydrogen (secondary N) is 1. The van der Waals surface area contributed by atoms with Crippen LogP contribution in [0.15, 0.2) is 30.6 Å². The van der Waals surface area contributed by atoms with E-state index in [9.17, 15) is 0 Å². The van der Waals surface area contributed by atoms with Crippen molar-refractivity contribution >= 4 is 0 Å². The van der Waals surface area contributed by atoms with Crippen LogP contribution in [0.4, 0.5) is 0 Å². The summed E-state index contributed by atoms with van der Waals surface area (Å²) in [6.07, 6.45) is 3.60. The third-order valence-electron chi connectivity index (χ3n) is 3.25. The lowest BCUT2D eigenvalue weighted by Gasteiger charge is -2.08. The van der Waals surface area contributed by atoms with Crippen LogP contribution in [0.5, 0.6) is 11.8 Å². The summed E-state index contributed by atoms with van der Waals surface area (Å²) in [6, 6.07) is 6.35. The molecule has 0 saturated heterocycles. The molecular formula is C17H23N3O. The molecule has 0 unspecified atom stereocenters. The van der Waals surface area contributed by atoms with Crippen molar-refractivity contribution in [2.75, 3.05) is 6.54 Å². The Labute approximate surface area is 126 Å². The number of ether oxygens (including phenoxy) is 1. The van der Waals surface area contributed by atoms with Crippen LogP contribution in [0.3, 0.4) is 0 Å². The fourth-order valence-corrected chi connectivity index (χ4v) is 1.87. The summed E-state index contributed by atoms with van der Waals surface area (Å²) < 4.78 is 5.67. The molecule has 1 N–H and O–H groups in total. The fraction of sp³-hybridized carbons (Fsp3) is 0.412. The van der Waals surface area contributed by atoms with Crippen LogP contribution in [0.2, 0.25) is 0 Å². The zero-order valence-corrected chi connectivity index (χ0v) is 13.2. The van der Waals surface area contributed by atoms with Crippen molar-refractivity contribution < 1.29 is 4.74 Å². The van der Waals surface area contributed by atoms with Gasteiger partial charge < -0.3 is 10.1 Å². The van der Waals surface area contributed by atoms with Crippen molar-refractivity contribution in [3.63, 3.8) is 0 Å². The first-order valence-electron chi connectivity index (χ1n) is 7.31. The van der Waals surface area contributed by atoms with E-state index in [0.29, 0.717) is 11.9 Å². The van der Waals surface area contributed by atoms with Gasteiger partial charge in [0.05, 0.1) is 0 Å². The van der Waals surface area contributed by atoms with E-state index in [1.54, 1.807) is 12.4 Å². The summed E-state index contributed by atoms with van der Waals surface area (Å²) in [5.41, 5.74) is 3.50. The molecule has 1 aromatic heterocycles. The molecule has 21 heavy (non-hydrogen) atoms. The Morgan fingerprint density at radius 3 is 2.43 bits per heavy atom. The van der Waals surface area contributed by atoms with Crippen molar-refractivity contribution in [2.45, 2.75) is 34.2 Å².